The summed E-state index contributed by atoms with van der Waals surface area (Å²) in [4.78, 5) is 0. The van der Waals surface area contributed by atoms with Crippen molar-refractivity contribution >= 4 is 0 Å². The van der Waals surface area contributed by atoms with Crippen molar-refractivity contribution in [2.75, 3.05) is 13.2 Å². The molecule has 0 aromatic heterocycles. The average molecular weight is 167 g/mol. The van der Waals surface area contributed by atoms with Gasteiger partial charge in [-0.3, -0.25) is 0 Å². The second kappa shape index (κ2) is 5.16. The van der Waals surface area contributed by atoms with E-state index in [1.165, 1.54) is 6.42 Å². The number of rotatable bonds is 2. The zero-order valence-corrected chi connectivity index (χ0v) is 7.75. The maximum absolute atomic E-state index is 8.88. The Morgan fingerprint density at radius 3 is 3.00 bits per heavy atom. The lowest BCUT2D eigenvalue weighted by Gasteiger charge is -2.17. The van der Waals surface area contributed by atoms with Gasteiger partial charge < -0.3 is 4.74 Å². The Balaban J connectivity index is 2.42. The molecule has 1 rings (SSSR count). The first-order valence-electron chi connectivity index (χ1n) is 4.85. The van der Waals surface area contributed by atoms with Gasteiger partial charge in [-0.2, -0.15) is 5.26 Å². The monoisotopic (exact) mass is 167 g/mol. The molecule has 0 spiro atoms. The molecule has 2 atom stereocenters. The van der Waals surface area contributed by atoms with E-state index in [9.17, 15) is 0 Å². The van der Waals surface area contributed by atoms with Crippen LogP contribution in [0.2, 0.25) is 0 Å². The Morgan fingerprint density at radius 1 is 1.50 bits per heavy atom. The predicted molar refractivity (Wildman–Crippen MR) is 47.6 cm³/mol. The van der Waals surface area contributed by atoms with Crippen LogP contribution >= 0.6 is 0 Å². The molecule has 2 unspecified atom stereocenters. The summed E-state index contributed by atoms with van der Waals surface area (Å²) in [6.45, 7) is 3.83. The molecule has 1 saturated heterocycles. The molecule has 0 saturated carbocycles. The van der Waals surface area contributed by atoms with Crippen LogP contribution in [0.5, 0.6) is 0 Å². The summed E-state index contributed by atoms with van der Waals surface area (Å²) in [5.41, 5.74) is 0. The molecular weight excluding hydrogens is 150 g/mol. The fourth-order valence-electron chi connectivity index (χ4n) is 1.86. The molecule has 1 heterocycles. The SMILES string of the molecule is CCC(C#N)C1CCCOCC1. The van der Waals surface area contributed by atoms with E-state index in [0.29, 0.717) is 5.92 Å². The van der Waals surface area contributed by atoms with Crippen LogP contribution in [-0.4, -0.2) is 13.2 Å². The summed E-state index contributed by atoms with van der Waals surface area (Å²) < 4.78 is 5.35. The molecule has 0 radical (unpaired) electrons. The average Bonchev–Trinajstić information content (AvgIpc) is 2.35. The topological polar surface area (TPSA) is 33.0 Å². The molecule has 0 amide bonds. The number of nitrogens with zero attached hydrogens (tertiary/aromatic N) is 1. The van der Waals surface area contributed by atoms with Gasteiger partial charge >= 0.3 is 0 Å². The van der Waals surface area contributed by atoms with E-state index in [-0.39, 0.29) is 5.92 Å². The highest BCUT2D eigenvalue weighted by Crippen LogP contribution is 2.25. The summed E-state index contributed by atoms with van der Waals surface area (Å²) >= 11 is 0. The molecule has 68 valence electrons. The molecule has 1 aliphatic heterocycles. The summed E-state index contributed by atoms with van der Waals surface area (Å²) in [7, 11) is 0. The van der Waals surface area contributed by atoms with Crippen molar-refractivity contribution in [3.63, 3.8) is 0 Å². The molecule has 1 aliphatic rings. The van der Waals surface area contributed by atoms with Gasteiger partial charge in [-0.25, -0.2) is 0 Å². The summed E-state index contributed by atoms with van der Waals surface area (Å²) in [5, 5.41) is 8.88. The Morgan fingerprint density at radius 2 is 2.33 bits per heavy atom. The van der Waals surface area contributed by atoms with Crippen LogP contribution in [0, 0.1) is 23.2 Å². The van der Waals surface area contributed by atoms with Gasteiger partial charge in [-0.15, -0.1) is 0 Å². The van der Waals surface area contributed by atoms with Crippen molar-refractivity contribution < 1.29 is 4.74 Å². The van der Waals surface area contributed by atoms with E-state index in [4.69, 9.17) is 10.00 Å². The van der Waals surface area contributed by atoms with Gasteiger partial charge in [0.25, 0.3) is 0 Å². The second-order valence-corrected chi connectivity index (χ2v) is 3.45. The fraction of sp³-hybridized carbons (Fsp3) is 0.900. The van der Waals surface area contributed by atoms with Crippen molar-refractivity contribution in [2.24, 2.45) is 11.8 Å². The normalized spacial score (nSPS) is 27.2. The van der Waals surface area contributed by atoms with Gasteiger partial charge in [0.05, 0.1) is 6.07 Å². The molecule has 0 aromatic carbocycles. The molecule has 2 nitrogen and oxygen atoms in total. The van der Waals surface area contributed by atoms with Crippen LogP contribution in [0.15, 0.2) is 0 Å². The highest BCUT2D eigenvalue weighted by molar-refractivity contribution is 4.87. The molecule has 2 heteroatoms. The molecular formula is C10H17NO. The van der Waals surface area contributed by atoms with Crippen molar-refractivity contribution in [3.8, 4) is 6.07 Å². The molecule has 1 fully saturated rings. The Kier molecular flexibility index (Phi) is 4.10. The van der Waals surface area contributed by atoms with E-state index in [1.807, 2.05) is 0 Å². The van der Waals surface area contributed by atoms with Crippen molar-refractivity contribution in [2.45, 2.75) is 32.6 Å². The standard InChI is InChI=1S/C10H17NO/c1-2-9(8-11)10-4-3-6-12-7-5-10/h9-10H,2-7H2,1H3. The fourth-order valence-corrected chi connectivity index (χ4v) is 1.86. The van der Waals surface area contributed by atoms with E-state index in [0.717, 1.165) is 32.5 Å². The number of ether oxygens (including phenoxy) is 1. The Labute approximate surface area is 74.5 Å². The predicted octanol–water partition coefficient (Wildman–Crippen LogP) is 2.35. The van der Waals surface area contributed by atoms with Gasteiger partial charge in [-0.1, -0.05) is 6.92 Å². The van der Waals surface area contributed by atoms with E-state index >= 15 is 0 Å². The number of nitriles is 1. The molecule has 0 bridgehead atoms. The lowest BCUT2D eigenvalue weighted by Crippen LogP contribution is -2.12. The zero-order chi connectivity index (χ0) is 8.81. The lowest BCUT2D eigenvalue weighted by atomic mass is 9.86. The first-order valence-corrected chi connectivity index (χ1v) is 4.85. The van der Waals surface area contributed by atoms with Crippen LogP contribution < -0.4 is 0 Å². The van der Waals surface area contributed by atoms with Gasteiger partial charge in [-0.05, 0) is 31.6 Å². The molecule has 0 aliphatic carbocycles. The maximum atomic E-state index is 8.88. The first-order chi connectivity index (χ1) is 5.88. The highest BCUT2D eigenvalue weighted by Gasteiger charge is 2.20. The summed E-state index contributed by atoms with van der Waals surface area (Å²) in [6, 6.07) is 2.39. The summed E-state index contributed by atoms with van der Waals surface area (Å²) in [5.74, 6) is 0.842. The number of hydrogen-bond donors (Lipinski definition) is 0. The van der Waals surface area contributed by atoms with Gasteiger partial charge in [0.2, 0.25) is 0 Å². The van der Waals surface area contributed by atoms with E-state index < -0.39 is 0 Å². The van der Waals surface area contributed by atoms with Crippen LogP contribution in [0.25, 0.3) is 0 Å². The third-order valence-corrected chi connectivity index (χ3v) is 2.67. The van der Waals surface area contributed by atoms with Gasteiger partial charge in [0.1, 0.15) is 0 Å². The number of hydrogen-bond acceptors (Lipinski definition) is 2. The molecule has 12 heavy (non-hydrogen) atoms. The smallest absolute Gasteiger partial charge is 0.0658 e. The third-order valence-electron chi connectivity index (χ3n) is 2.67. The Hall–Kier alpha value is -0.550. The van der Waals surface area contributed by atoms with E-state index in [2.05, 4.69) is 13.0 Å². The van der Waals surface area contributed by atoms with Crippen LogP contribution in [-0.2, 0) is 4.74 Å². The quantitative estimate of drug-likeness (QED) is 0.632. The first kappa shape index (κ1) is 9.54. The largest absolute Gasteiger partial charge is 0.381 e. The second-order valence-electron chi connectivity index (χ2n) is 3.45. The van der Waals surface area contributed by atoms with E-state index in [1.54, 1.807) is 0 Å². The van der Waals surface area contributed by atoms with Crippen LogP contribution in [0.1, 0.15) is 32.6 Å². The minimum atomic E-state index is 0.256. The molecule has 0 aromatic rings. The van der Waals surface area contributed by atoms with Crippen molar-refractivity contribution in [1.29, 1.82) is 5.26 Å². The highest BCUT2D eigenvalue weighted by atomic mass is 16.5. The zero-order valence-electron chi connectivity index (χ0n) is 7.75. The maximum Gasteiger partial charge on any atom is 0.0658 e. The minimum absolute atomic E-state index is 0.256. The summed E-state index contributed by atoms with van der Waals surface area (Å²) in [6.07, 6.45) is 4.36. The van der Waals surface area contributed by atoms with Crippen molar-refractivity contribution in [1.82, 2.24) is 0 Å². The van der Waals surface area contributed by atoms with Crippen LogP contribution in [0.4, 0.5) is 0 Å². The lowest BCUT2D eigenvalue weighted by molar-refractivity contribution is 0.139. The molecule has 0 N–H and O–H groups in total. The minimum Gasteiger partial charge on any atom is -0.381 e. The van der Waals surface area contributed by atoms with Crippen molar-refractivity contribution in [3.05, 3.63) is 0 Å². The van der Waals surface area contributed by atoms with Crippen LogP contribution in [0.3, 0.4) is 0 Å². The van der Waals surface area contributed by atoms with Gasteiger partial charge in [0, 0.05) is 19.1 Å². The third kappa shape index (κ3) is 2.49. The van der Waals surface area contributed by atoms with Gasteiger partial charge in [0.15, 0.2) is 0 Å². The Bertz CT molecular complexity index is 154.